The van der Waals surface area contributed by atoms with Crippen LogP contribution in [-0.2, 0) is 0 Å². The first kappa shape index (κ1) is 8.19. The predicted molar refractivity (Wildman–Crippen MR) is 53.5 cm³/mol. The van der Waals surface area contributed by atoms with Crippen molar-refractivity contribution in [1.29, 1.82) is 0 Å². The summed E-state index contributed by atoms with van der Waals surface area (Å²) >= 11 is 0. The molecule has 5 heteroatoms. The SMILES string of the molecule is CCCN1N=N[C@H]2[C@H]3C[C@H]([C@@H]4N=N[C@H]34)[C@H]21. The lowest BCUT2D eigenvalue weighted by Crippen LogP contribution is -2.52. The molecule has 15 heavy (non-hydrogen) atoms. The normalized spacial score (nSPS) is 53.3. The second-order valence-electron chi connectivity index (χ2n) is 5.12. The molecule has 0 aromatic heterocycles. The minimum Gasteiger partial charge on any atom is -0.273 e. The van der Waals surface area contributed by atoms with Crippen molar-refractivity contribution >= 4 is 0 Å². The third-order valence-corrected chi connectivity index (χ3v) is 4.43. The topological polar surface area (TPSA) is 52.7 Å². The van der Waals surface area contributed by atoms with Crippen molar-refractivity contribution in [2.45, 2.75) is 43.9 Å². The molecular weight excluding hydrogens is 190 g/mol. The van der Waals surface area contributed by atoms with Gasteiger partial charge in [-0.15, -0.1) is 0 Å². The van der Waals surface area contributed by atoms with Crippen LogP contribution >= 0.6 is 0 Å². The first-order valence-corrected chi connectivity index (χ1v) is 5.97. The zero-order chi connectivity index (χ0) is 9.99. The minimum atomic E-state index is 0.432. The molecule has 0 radical (unpaired) electrons. The number of rotatable bonds is 2. The molecule has 80 valence electrons. The van der Waals surface area contributed by atoms with E-state index in [1.165, 1.54) is 6.42 Å². The molecule has 5 nitrogen and oxygen atoms in total. The van der Waals surface area contributed by atoms with Gasteiger partial charge < -0.3 is 0 Å². The Bertz CT molecular complexity index is 352. The van der Waals surface area contributed by atoms with Crippen LogP contribution in [0.4, 0.5) is 0 Å². The molecular formula is C10H15N5. The third-order valence-electron chi connectivity index (χ3n) is 4.43. The summed E-state index contributed by atoms with van der Waals surface area (Å²) in [5.74, 6) is 1.33. The fourth-order valence-corrected chi connectivity index (χ4v) is 3.84. The van der Waals surface area contributed by atoms with E-state index in [9.17, 15) is 0 Å². The lowest BCUT2D eigenvalue weighted by atomic mass is 9.82. The second kappa shape index (κ2) is 2.57. The molecule has 2 aliphatic heterocycles. The molecule has 4 aliphatic rings. The van der Waals surface area contributed by atoms with Gasteiger partial charge in [0.15, 0.2) is 0 Å². The Kier molecular flexibility index (Phi) is 1.40. The van der Waals surface area contributed by atoms with Crippen molar-refractivity contribution in [3.63, 3.8) is 0 Å². The zero-order valence-electron chi connectivity index (χ0n) is 8.82. The van der Waals surface area contributed by atoms with Crippen molar-refractivity contribution < 1.29 is 0 Å². The van der Waals surface area contributed by atoms with Gasteiger partial charge in [0.25, 0.3) is 0 Å². The smallest absolute Gasteiger partial charge is 0.100 e. The molecule has 0 aromatic rings. The molecule has 2 heterocycles. The van der Waals surface area contributed by atoms with E-state index in [4.69, 9.17) is 0 Å². The van der Waals surface area contributed by atoms with Gasteiger partial charge in [0.05, 0.1) is 6.04 Å². The summed E-state index contributed by atoms with van der Waals surface area (Å²) in [7, 11) is 0. The Balaban J connectivity index is 1.65. The molecule has 0 N–H and O–H groups in total. The van der Waals surface area contributed by atoms with Crippen molar-refractivity contribution in [2.24, 2.45) is 32.4 Å². The van der Waals surface area contributed by atoms with Gasteiger partial charge in [0.1, 0.15) is 18.1 Å². The highest BCUT2D eigenvalue weighted by Gasteiger charge is 2.65. The van der Waals surface area contributed by atoms with E-state index < -0.39 is 0 Å². The number of hydrogen-bond donors (Lipinski definition) is 0. The fraction of sp³-hybridized carbons (Fsp3) is 1.00. The van der Waals surface area contributed by atoms with Gasteiger partial charge in [0.2, 0.25) is 0 Å². The molecule has 2 bridgehead atoms. The molecule has 2 saturated carbocycles. The van der Waals surface area contributed by atoms with Gasteiger partial charge >= 0.3 is 0 Å². The summed E-state index contributed by atoms with van der Waals surface area (Å²) in [6, 6.07) is 1.99. The molecule has 0 unspecified atom stereocenters. The first-order valence-electron chi connectivity index (χ1n) is 5.97. The van der Waals surface area contributed by atoms with E-state index in [1.54, 1.807) is 0 Å². The van der Waals surface area contributed by atoms with E-state index in [1.807, 2.05) is 0 Å². The average Bonchev–Trinajstić information content (AvgIpc) is 2.75. The van der Waals surface area contributed by atoms with Crippen LogP contribution in [0.3, 0.4) is 0 Å². The van der Waals surface area contributed by atoms with E-state index in [-0.39, 0.29) is 0 Å². The third kappa shape index (κ3) is 0.812. The van der Waals surface area contributed by atoms with Crippen LogP contribution in [0.2, 0.25) is 0 Å². The maximum absolute atomic E-state index is 4.45. The zero-order valence-corrected chi connectivity index (χ0v) is 8.82. The summed E-state index contributed by atoms with van der Waals surface area (Å²) in [5, 5.41) is 19.5. The van der Waals surface area contributed by atoms with E-state index in [0.29, 0.717) is 36.0 Å². The highest BCUT2D eigenvalue weighted by atomic mass is 15.6. The van der Waals surface area contributed by atoms with Gasteiger partial charge in [-0.3, -0.25) is 5.01 Å². The lowest BCUT2D eigenvalue weighted by Gasteiger charge is -2.38. The Morgan fingerprint density at radius 2 is 1.87 bits per heavy atom. The molecule has 4 rings (SSSR count). The lowest BCUT2D eigenvalue weighted by molar-refractivity contribution is 0.130. The summed E-state index contributed by atoms with van der Waals surface area (Å²) in [6.07, 6.45) is 2.42. The van der Waals surface area contributed by atoms with Crippen LogP contribution in [0.1, 0.15) is 19.8 Å². The van der Waals surface area contributed by atoms with Crippen molar-refractivity contribution in [3.05, 3.63) is 0 Å². The highest BCUT2D eigenvalue weighted by molar-refractivity contribution is 5.20. The van der Waals surface area contributed by atoms with E-state index in [2.05, 4.69) is 32.5 Å². The van der Waals surface area contributed by atoms with Gasteiger partial charge in [0, 0.05) is 18.4 Å². The van der Waals surface area contributed by atoms with E-state index >= 15 is 0 Å². The molecule has 0 spiro atoms. The van der Waals surface area contributed by atoms with Crippen LogP contribution in [0.5, 0.6) is 0 Å². The number of fused-ring (bicyclic) bond motifs is 8. The quantitative estimate of drug-likeness (QED) is 0.676. The number of azo groups is 1. The van der Waals surface area contributed by atoms with Crippen LogP contribution in [0.15, 0.2) is 20.6 Å². The summed E-state index contributed by atoms with van der Waals surface area (Å²) in [6.45, 7) is 3.24. The van der Waals surface area contributed by atoms with E-state index in [0.717, 1.165) is 13.0 Å². The monoisotopic (exact) mass is 205 g/mol. The Morgan fingerprint density at radius 1 is 1.07 bits per heavy atom. The maximum Gasteiger partial charge on any atom is 0.100 e. The minimum absolute atomic E-state index is 0.432. The standard InChI is InChI=1S/C10H15N5/c1-2-3-15-10-6-4-5(9(10)13-14-15)7-8(6)12-11-7/h5-10H,2-4H2,1H3/t5-,6+,7+,8-,9-,10+/m0/s1. The van der Waals surface area contributed by atoms with Gasteiger partial charge in [-0.05, 0) is 12.8 Å². The Morgan fingerprint density at radius 3 is 2.60 bits per heavy atom. The van der Waals surface area contributed by atoms with Crippen LogP contribution < -0.4 is 0 Å². The van der Waals surface area contributed by atoms with Crippen molar-refractivity contribution in [3.8, 4) is 0 Å². The maximum atomic E-state index is 4.45. The molecule has 2 fully saturated rings. The molecule has 6 atom stereocenters. The van der Waals surface area contributed by atoms with Crippen LogP contribution in [-0.4, -0.2) is 35.7 Å². The average molecular weight is 205 g/mol. The van der Waals surface area contributed by atoms with Gasteiger partial charge in [-0.25, -0.2) is 0 Å². The highest BCUT2D eigenvalue weighted by Crippen LogP contribution is 2.55. The van der Waals surface area contributed by atoms with Crippen molar-refractivity contribution in [2.75, 3.05) is 6.54 Å². The van der Waals surface area contributed by atoms with Crippen LogP contribution in [0.25, 0.3) is 0 Å². The molecule has 2 aliphatic carbocycles. The first-order chi connectivity index (χ1) is 7.40. The fourth-order valence-electron chi connectivity index (χ4n) is 3.84. The number of nitrogens with zero attached hydrogens (tertiary/aromatic N) is 5. The summed E-state index contributed by atoms with van der Waals surface area (Å²) in [5.41, 5.74) is 0. The Labute approximate surface area is 88.6 Å². The predicted octanol–water partition coefficient (Wildman–Crippen LogP) is 1.67. The number of hydrogen-bond acceptors (Lipinski definition) is 5. The Hall–Kier alpha value is -1.00. The summed E-state index contributed by atoms with van der Waals surface area (Å²) in [4.78, 5) is 0. The second-order valence-corrected chi connectivity index (χ2v) is 5.12. The van der Waals surface area contributed by atoms with Crippen LogP contribution in [0, 0.1) is 11.8 Å². The van der Waals surface area contributed by atoms with Gasteiger partial charge in [-0.1, -0.05) is 12.1 Å². The largest absolute Gasteiger partial charge is 0.273 e. The molecule has 0 aromatic carbocycles. The van der Waals surface area contributed by atoms with Crippen molar-refractivity contribution in [1.82, 2.24) is 5.01 Å². The summed E-state index contributed by atoms with van der Waals surface area (Å²) < 4.78 is 0. The molecule has 0 saturated heterocycles. The molecule has 0 amide bonds. The van der Waals surface area contributed by atoms with Gasteiger partial charge in [-0.2, -0.15) is 15.3 Å².